The number of benzene rings is 1. The van der Waals surface area contributed by atoms with Gasteiger partial charge in [0.15, 0.2) is 0 Å². The van der Waals surface area contributed by atoms with Crippen molar-refractivity contribution in [2.45, 2.75) is 0 Å². The highest BCUT2D eigenvalue weighted by Crippen LogP contribution is 2.19. The number of hydrogen-bond acceptors (Lipinski definition) is 2. The molecule has 17 heavy (non-hydrogen) atoms. The van der Waals surface area contributed by atoms with Crippen LogP contribution < -0.4 is 5.73 Å². The fraction of sp³-hybridized carbons (Fsp3) is 0. The third kappa shape index (κ3) is 2.47. The van der Waals surface area contributed by atoms with Crippen molar-refractivity contribution in [3.63, 3.8) is 0 Å². The minimum Gasteiger partial charge on any atom is -0.398 e. The highest BCUT2D eigenvalue weighted by molar-refractivity contribution is 5.78. The molecule has 0 fully saturated rings. The Kier molecular flexibility index (Phi) is 3.14. The summed E-state index contributed by atoms with van der Waals surface area (Å²) in [5.74, 6) is -1.37. The first-order chi connectivity index (χ1) is 8.18. The second kappa shape index (κ2) is 4.74. The SMILES string of the molecule is N/C(=C/c1ccccn1)c1c(F)cccc1F. The van der Waals surface area contributed by atoms with E-state index in [-0.39, 0.29) is 11.3 Å². The van der Waals surface area contributed by atoms with E-state index < -0.39 is 11.6 Å². The Bertz CT molecular complexity index is 530. The lowest BCUT2D eigenvalue weighted by Gasteiger charge is -2.04. The fourth-order valence-corrected chi connectivity index (χ4v) is 1.47. The predicted octanol–water partition coefficient (Wildman–Crippen LogP) is 2.82. The van der Waals surface area contributed by atoms with Crippen LogP contribution in [0.1, 0.15) is 11.3 Å². The Hall–Kier alpha value is -2.23. The number of nitrogens with two attached hydrogens (primary N) is 1. The van der Waals surface area contributed by atoms with Crippen LogP contribution in [0, 0.1) is 11.6 Å². The Morgan fingerprint density at radius 3 is 2.35 bits per heavy atom. The highest BCUT2D eigenvalue weighted by Gasteiger charge is 2.10. The minimum absolute atomic E-state index is 0.0132. The fourth-order valence-electron chi connectivity index (χ4n) is 1.47. The number of rotatable bonds is 2. The molecule has 2 N–H and O–H groups in total. The van der Waals surface area contributed by atoms with E-state index in [1.165, 1.54) is 12.1 Å². The Morgan fingerprint density at radius 1 is 1.06 bits per heavy atom. The zero-order valence-electron chi connectivity index (χ0n) is 8.90. The molecule has 0 saturated heterocycles. The lowest BCUT2D eigenvalue weighted by molar-refractivity contribution is 0.577. The van der Waals surface area contributed by atoms with E-state index in [1.54, 1.807) is 24.4 Å². The molecule has 1 heterocycles. The van der Waals surface area contributed by atoms with Crippen molar-refractivity contribution in [1.29, 1.82) is 0 Å². The van der Waals surface area contributed by atoms with Crippen LogP contribution in [0.2, 0.25) is 0 Å². The molecule has 0 unspecified atom stereocenters. The second-order valence-corrected chi connectivity index (χ2v) is 3.45. The Balaban J connectivity index is 2.44. The Morgan fingerprint density at radius 2 is 1.76 bits per heavy atom. The van der Waals surface area contributed by atoms with Gasteiger partial charge in [-0.2, -0.15) is 0 Å². The molecular weight excluding hydrogens is 222 g/mol. The van der Waals surface area contributed by atoms with Crippen LogP contribution in [0.3, 0.4) is 0 Å². The molecule has 2 aromatic rings. The van der Waals surface area contributed by atoms with E-state index in [4.69, 9.17) is 5.73 Å². The summed E-state index contributed by atoms with van der Waals surface area (Å²) in [6.07, 6.45) is 3.01. The maximum absolute atomic E-state index is 13.4. The molecule has 2 nitrogen and oxygen atoms in total. The topological polar surface area (TPSA) is 38.9 Å². The first-order valence-corrected chi connectivity index (χ1v) is 5.01. The standard InChI is InChI=1S/C13H10F2N2/c14-10-5-3-6-11(15)13(10)12(16)8-9-4-1-2-7-17-9/h1-8H,16H2/b12-8+. The molecule has 0 atom stereocenters. The van der Waals surface area contributed by atoms with Gasteiger partial charge in [-0.15, -0.1) is 0 Å². The van der Waals surface area contributed by atoms with Crippen LogP contribution in [-0.2, 0) is 0 Å². The van der Waals surface area contributed by atoms with Gasteiger partial charge in [0.1, 0.15) is 11.6 Å². The molecule has 0 amide bonds. The second-order valence-electron chi connectivity index (χ2n) is 3.45. The lowest BCUT2D eigenvalue weighted by Crippen LogP contribution is -2.02. The molecule has 0 saturated carbocycles. The summed E-state index contributed by atoms with van der Waals surface area (Å²) in [5, 5.41) is 0. The van der Waals surface area contributed by atoms with Gasteiger partial charge in [-0.1, -0.05) is 12.1 Å². The van der Waals surface area contributed by atoms with E-state index in [1.807, 2.05) is 0 Å². The normalized spacial score (nSPS) is 11.5. The van der Waals surface area contributed by atoms with Crippen LogP contribution in [0.4, 0.5) is 8.78 Å². The third-order valence-electron chi connectivity index (χ3n) is 2.24. The molecule has 1 aromatic carbocycles. The van der Waals surface area contributed by atoms with E-state index >= 15 is 0 Å². The quantitative estimate of drug-likeness (QED) is 0.864. The first kappa shape index (κ1) is 11.3. The summed E-state index contributed by atoms with van der Waals surface area (Å²) in [7, 11) is 0. The van der Waals surface area contributed by atoms with Crippen LogP contribution in [0.5, 0.6) is 0 Å². The summed E-state index contributed by atoms with van der Waals surface area (Å²) in [4.78, 5) is 4.00. The molecule has 0 radical (unpaired) electrons. The van der Waals surface area contributed by atoms with Gasteiger partial charge in [-0.25, -0.2) is 8.78 Å². The van der Waals surface area contributed by atoms with E-state index in [0.717, 1.165) is 12.1 Å². The average Bonchev–Trinajstić information content (AvgIpc) is 2.30. The van der Waals surface area contributed by atoms with Crippen molar-refractivity contribution in [3.8, 4) is 0 Å². The summed E-state index contributed by atoms with van der Waals surface area (Å²) in [5.41, 5.74) is 6.01. The number of aromatic nitrogens is 1. The molecule has 0 aliphatic carbocycles. The summed E-state index contributed by atoms with van der Waals surface area (Å²) < 4.78 is 26.8. The van der Waals surface area contributed by atoms with Gasteiger partial charge >= 0.3 is 0 Å². The van der Waals surface area contributed by atoms with Crippen LogP contribution in [0.15, 0.2) is 42.6 Å². The molecule has 0 bridgehead atoms. The van der Waals surface area contributed by atoms with Gasteiger partial charge < -0.3 is 5.73 Å². The van der Waals surface area contributed by atoms with Gasteiger partial charge in [-0.3, -0.25) is 4.98 Å². The smallest absolute Gasteiger partial charge is 0.135 e. The number of halogens is 2. The van der Waals surface area contributed by atoms with Crippen molar-refractivity contribution in [2.24, 2.45) is 5.73 Å². The van der Waals surface area contributed by atoms with Gasteiger partial charge in [0.05, 0.1) is 11.3 Å². The molecule has 0 aliphatic rings. The van der Waals surface area contributed by atoms with Gasteiger partial charge in [0.25, 0.3) is 0 Å². The maximum atomic E-state index is 13.4. The molecule has 0 spiro atoms. The monoisotopic (exact) mass is 232 g/mol. The van der Waals surface area contributed by atoms with Crippen molar-refractivity contribution >= 4 is 11.8 Å². The van der Waals surface area contributed by atoms with Crippen LogP contribution in [0.25, 0.3) is 11.8 Å². The zero-order valence-corrected chi connectivity index (χ0v) is 8.90. The summed E-state index contributed by atoms with van der Waals surface area (Å²) in [6, 6.07) is 8.84. The highest BCUT2D eigenvalue weighted by atomic mass is 19.1. The number of nitrogens with zero attached hydrogens (tertiary/aromatic N) is 1. The van der Waals surface area contributed by atoms with Crippen molar-refractivity contribution < 1.29 is 8.78 Å². The maximum Gasteiger partial charge on any atom is 0.135 e. The Labute approximate surface area is 97.4 Å². The molecular formula is C13H10F2N2. The summed E-state index contributed by atoms with van der Waals surface area (Å²) >= 11 is 0. The average molecular weight is 232 g/mol. The van der Waals surface area contributed by atoms with E-state index in [0.29, 0.717) is 5.69 Å². The lowest BCUT2D eigenvalue weighted by atomic mass is 10.1. The molecule has 0 aliphatic heterocycles. The van der Waals surface area contributed by atoms with E-state index in [2.05, 4.69) is 4.98 Å². The van der Waals surface area contributed by atoms with Crippen LogP contribution in [-0.4, -0.2) is 4.98 Å². The van der Waals surface area contributed by atoms with E-state index in [9.17, 15) is 8.78 Å². The van der Waals surface area contributed by atoms with Gasteiger partial charge in [-0.05, 0) is 30.3 Å². The third-order valence-corrected chi connectivity index (χ3v) is 2.24. The predicted molar refractivity (Wildman–Crippen MR) is 62.7 cm³/mol. The minimum atomic E-state index is -0.685. The van der Waals surface area contributed by atoms with Gasteiger partial charge in [0, 0.05) is 11.9 Å². The van der Waals surface area contributed by atoms with Crippen LogP contribution >= 0.6 is 0 Å². The number of hydrogen-bond donors (Lipinski definition) is 1. The molecule has 1 aromatic heterocycles. The molecule has 2 rings (SSSR count). The van der Waals surface area contributed by atoms with Crippen molar-refractivity contribution in [2.75, 3.05) is 0 Å². The van der Waals surface area contributed by atoms with Crippen molar-refractivity contribution in [1.82, 2.24) is 4.98 Å². The zero-order chi connectivity index (χ0) is 12.3. The molecule has 86 valence electrons. The number of pyridine rings is 1. The summed E-state index contributed by atoms with van der Waals surface area (Å²) in [6.45, 7) is 0. The van der Waals surface area contributed by atoms with Gasteiger partial charge in [0.2, 0.25) is 0 Å². The largest absolute Gasteiger partial charge is 0.398 e. The van der Waals surface area contributed by atoms with Crippen molar-refractivity contribution in [3.05, 3.63) is 65.5 Å². The first-order valence-electron chi connectivity index (χ1n) is 5.01. The molecule has 4 heteroatoms.